The lowest BCUT2D eigenvalue weighted by molar-refractivity contribution is 0.102. The molecule has 4 nitrogen and oxygen atoms in total. The highest BCUT2D eigenvalue weighted by atomic mass is 35.5. The molecule has 0 atom stereocenters. The molecule has 2 N–H and O–H groups in total. The summed E-state index contributed by atoms with van der Waals surface area (Å²) in [5, 5.41) is 6.94. The van der Waals surface area contributed by atoms with Crippen molar-refractivity contribution < 1.29 is 4.79 Å². The minimum Gasteiger partial charge on any atom is -0.381 e. The SMILES string of the molecule is O=C(Nc1ccc(Cl)cc1Cl)c1ccc(NC2CC2)cn1. The number of amides is 1. The Hall–Kier alpha value is -1.78. The molecule has 1 heterocycles. The number of pyridine rings is 1. The van der Waals surface area contributed by atoms with Crippen molar-refractivity contribution in [2.24, 2.45) is 0 Å². The zero-order valence-electron chi connectivity index (χ0n) is 11.1. The Morgan fingerprint density at radius 1 is 1.19 bits per heavy atom. The molecule has 3 rings (SSSR count). The summed E-state index contributed by atoms with van der Waals surface area (Å²) in [6, 6.07) is 8.99. The van der Waals surface area contributed by atoms with E-state index in [-0.39, 0.29) is 5.91 Å². The number of aromatic nitrogens is 1. The van der Waals surface area contributed by atoms with E-state index in [4.69, 9.17) is 23.2 Å². The number of halogens is 2. The van der Waals surface area contributed by atoms with E-state index in [2.05, 4.69) is 15.6 Å². The van der Waals surface area contributed by atoms with E-state index in [1.807, 2.05) is 6.07 Å². The predicted molar refractivity (Wildman–Crippen MR) is 85.3 cm³/mol. The van der Waals surface area contributed by atoms with Crippen molar-refractivity contribution in [3.63, 3.8) is 0 Å². The summed E-state index contributed by atoms with van der Waals surface area (Å²) in [4.78, 5) is 16.3. The Balaban J connectivity index is 1.69. The second-order valence-electron chi connectivity index (χ2n) is 4.93. The van der Waals surface area contributed by atoms with Crippen LogP contribution >= 0.6 is 23.2 Å². The summed E-state index contributed by atoms with van der Waals surface area (Å²) in [6.07, 6.45) is 4.05. The molecular formula is C15H13Cl2N3O. The number of nitrogens with one attached hydrogen (secondary N) is 2. The fraction of sp³-hybridized carbons (Fsp3) is 0.200. The summed E-state index contributed by atoms with van der Waals surface area (Å²) >= 11 is 11.8. The number of hydrogen-bond donors (Lipinski definition) is 2. The third-order valence-corrected chi connectivity index (χ3v) is 3.67. The second-order valence-corrected chi connectivity index (χ2v) is 5.77. The van der Waals surface area contributed by atoms with Gasteiger partial charge in [-0.3, -0.25) is 4.79 Å². The van der Waals surface area contributed by atoms with Crippen molar-refractivity contribution in [3.8, 4) is 0 Å². The number of nitrogens with zero attached hydrogens (tertiary/aromatic N) is 1. The van der Waals surface area contributed by atoms with Crippen LogP contribution in [-0.4, -0.2) is 16.9 Å². The molecule has 0 saturated heterocycles. The minimum atomic E-state index is -0.308. The van der Waals surface area contributed by atoms with Crippen LogP contribution in [0.2, 0.25) is 10.0 Å². The smallest absolute Gasteiger partial charge is 0.274 e. The highest BCUT2D eigenvalue weighted by Gasteiger charge is 2.20. The third-order valence-electron chi connectivity index (χ3n) is 3.12. The number of benzene rings is 1. The third kappa shape index (κ3) is 3.65. The topological polar surface area (TPSA) is 54.0 Å². The van der Waals surface area contributed by atoms with E-state index < -0.39 is 0 Å². The average molecular weight is 322 g/mol. The summed E-state index contributed by atoms with van der Waals surface area (Å²) in [6.45, 7) is 0. The summed E-state index contributed by atoms with van der Waals surface area (Å²) in [5.41, 5.74) is 1.77. The van der Waals surface area contributed by atoms with Crippen LogP contribution in [0.25, 0.3) is 0 Å². The van der Waals surface area contributed by atoms with Crippen LogP contribution in [0.3, 0.4) is 0 Å². The molecule has 2 aromatic rings. The molecule has 6 heteroatoms. The van der Waals surface area contributed by atoms with Gasteiger partial charge >= 0.3 is 0 Å². The molecule has 0 bridgehead atoms. The van der Waals surface area contributed by atoms with Crippen LogP contribution in [0, 0.1) is 0 Å². The van der Waals surface area contributed by atoms with E-state index in [0.717, 1.165) is 5.69 Å². The standard InChI is InChI=1S/C15H13Cl2N3O/c16-9-1-5-13(12(17)7-9)20-15(21)14-6-4-11(8-18-14)19-10-2-3-10/h1,4-8,10,19H,2-3H2,(H,20,21). The molecule has 108 valence electrons. The maximum Gasteiger partial charge on any atom is 0.274 e. The zero-order chi connectivity index (χ0) is 14.8. The summed E-state index contributed by atoms with van der Waals surface area (Å²) < 4.78 is 0. The fourth-order valence-corrected chi connectivity index (χ4v) is 2.31. The van der Waals surface area contributed by atoms with Gasteiger partial charge in [-0.2, -0.15) is 0 Å². The van der Waals surface area contributed by atoms with Gasteiger partial charge in [-0.1, -0.05) is 23.2 Å². The predicted octanol–water partition coefficient (Wildman–Crippen LogP) is 4.22. The number of anilines is 2. The van der Waals surface area contributed by atoms with Gasteiger partial charge in [0.1, 0.15) is 5.69 Å². The van der Waals surface area contributed by atoms with E-state index >= 15 is 0 Å². The number of carbonyl (C=O) groups is 1. The largest absolute Gasteiger partial charge is 0.381 e. The number of rotatable bonds is 4. The van der Waals surface area contributed by atoms with Gasteiger partial charge in [0.25, 0.3) is 5.91 Å². The number of hydrogen-bond acceptors (Lipinski definition) is 3. The van der Waals surface area contributed by atoms with Gasteiger partial charge in [0, 0.05) is 11.1 Å². The van der Waals surface area contributed by atoms with E-state index in [1.54, 1.807) is 30.5 Å². The molecule has 21 heavy (non-hydrogen) atoms. The van der Waals surface area contributed by atoms with Crippen LogP contribution in [0.1, 0.15) is 23.3 Å². The lowest BCUT2D eigenvalue weighted by atomic mass is 10.2. The second kappa shape index (κ2) is 5.92. The minimum absolute atomic E-state index is 0.308. The maximum absolute atomic E-state index is 12.1. The first-order valence-corrected chi connectivity index (χ1v) is 7.36. The molecule has 1 saturated carbocycles. The molecule has 1 aliphatic carbocycles. The van der Waals surface area contributed by atoms with Crippen molar-refractivity contribution in [2.75, 3.05) is 10.6 Å². The van der Waals surface area contributed by atoms with Gasteiger partial charge in [0.05, 0.1) is 22.6 Å². The van der Waals surface area contributed by atoms with Gasteiger partial charge in [-0.15, -0.1) is 0 Å². The lowest BCUT2D eigenvalue weighted by Crippen LogP contribution is -2.14. The molecule has 1 aromatic heterocycles. The van der Waals surface area contributed by atoms with Gasteiger partial charge in [-0.05, 0) is 43.2 Å². The molecule has 0 aliphatic heterocycles. The van der Waals surface area contributed by atoms with Crippen LogP contribution < -0.4 is 10.6 Å². The monoisotopic (exact) mass is 321 g/mol. The maximum atomic E-state index is 12.1. The molecule has 1 aliphatic rings. The van der Waals surface area contributed by atoms with Gasteiger partial charge in [0.2, 0.25) is 0 Å². The Labute approximate surface area is 132 Å². The molecule has 0 spiro atoms. The van der Waals surface area contributed by atoms with Crippen LogP contribution in [-0.2, 0) is 0 Å². The fourth-order valence-electron chi connectivity index (χ4n) is 1.85. The van der Waals surface area contributed by atoms with Crippen LogP contribution in [0.4, 0.5) is 11.4 Å². The summed E-state index contributed by atoms with van der Waals surface area (Å²) in [7, 11) is 0. The van der Waals surface area contributed by atoms with Crippen molar-refractivity contribution >= 4 is 40.5 Å². The quantitative estimate of drug-likeness (QED) is 0.886. The number of carbonyl (C=O) groups excluding carboxylic acids is 1. The lowest BCUT2D eigenvalue weighted by Gasteiger charge is -2.08. The first-order valence-electron chi connectivity index (χ1n) is 6.61. The molecule has 1 aromatic carbocycles. The normalized spacial score (nSPS) is 13.8. The van der Waals surface area contributed by atoms with Gasteiger partial charge in [-0.25, -0.2) is 4.98 Å². The molecule has 1 amide bonds. The molecule has 0 radical (unpaired) electrons. The summed E-state index contributed by atoms with van der Waals surface area (Å²) in [5.74, 6) is -0.308. The molecule has 1 fully saturated rings. The van der Waals surface area contributed by atoms with Crippen molar-refractivity contribution in [1.82, 2.24) is 4.98 Å². The van der Waals surface area contributed by atoms with Crippen molar-refractivity contribution in [3.05, 3.63) is 52.3 Å². The Bertz CT molecular complexity index is 669. The highest BCUT2D eigenvalue weighted by molar-refractivity contribution is 6.36. The van der Waals surface area contributed by atoms with E-state index in [9.17, 15) is 4.79 Å². The Morgan fingerprint density at radius 2 is 2.00 bits per heavy atom. The van der Waals surface area contributed by atoms with Crippen molar-refractivity contribution in [1.29, 1.82) is 0 Å². The van der Waals surface area contributed by atoms with Gasteiger partial charge in [0.15, 0.2) is 0 Å². The van der Waals surface area contributed by atoms with Gasteiger partial charge < -0.3 is 10.6 Å². The first-order chi connectivity index (χ1) is 10.1. The highest BCUT2D eigenvalue weighted by Crippen LogP contribution is 2.26. The van der Waals surface area contributed by atoms with E-state index in [1.165, 1.54) is 12.8 Å². The zero-order valence-corrected chi connectivity index (χ0v) is 12.6. The molecule has 0 unspecified atom stereocenters. The van der Waals surface area contributed by atoms with E-state index in [0.29, 0.717) is 27.5 Å². The molecular weight excluding hydrogens is 309 g/mol. The Kier molecular flexibility index (Phi) is 3.99. The van der Waals surface area contributed by atoms with Crippen LogP contribution in [0.5, 0.6) is 0 Å². The first kappa shape index (κ1) is 14.2. The van der Waals surface area contributed by atoms with Crippen molar-refractivity contribution in [2.45, 2.75) is 18.9 Å². The Morgan fingerprint density at radius 3 is 2.62 bits per heavy atom. The van der Waals surface area contributed by atoms with Crippen LogP contribution in [0.15, 0.2) is 36.5 Å². The average Bonchev–Trinajstić information content (AvgIpc) is 3.26.